The van der Waals surface area contributed by atoms with Crippen molar-refractivity contribution in [2.75, 3.05) is 17.4 Å². The number of nitrogens with one attached hydrogen (secondary N) is 1. The summed E-state index contributed by atoms with van der Waals surface area (Å²) in [5, 5.41) is 3.50. The van der Waals surface area contributed by atoms with E-state index in [1.165, 1.54) is 9.21 Å². The number of carbonyl (C=O) groups excluding carboxylic acids is 2. The maximum atomic E-state index is 14.6. The molecule has 46 heavy (non-hydrogen) atoms. The van der Waals surface area contributed by atoms with Crippen molar-refractivity contribution in [2.24, 2.45) is 0 Å². The summed E-state index contributed by atoms with van der Waals surface area (Å²) in [4.78, 5) is 30.0. The molecule has 0 unspecified atom stereocenters. The van der Waals surface area contributed by atoms with E-state index in [0.717, 1.165) is 40.7 Å². The van der Waals surface area contributed by atoms with E-state index in [1.807, 2.05) is 70.2 Å². The van der Waals surface area contributed by atoms with Gasteiger partial charge in [-0.3, -0.25) is 13.9 Å². The molecule has 0 aromatic heterocycles. The lowest BCUT2D eigenvalue weighted by Gasteiger charge is -2.34. The van der Waals surface area contributed by atoms with Gasteiger partial charge in [-0.15, -0.1) is 0 Å². The summed E-state index contributed by atoms with van der Waals surface area (Å²) in [6.45, 7) is 7.69. The van der Waals surface area contributed by atoms with Crippen molar-refractivity contribution in [1.82, 2.24) is 10.2 Å². The third-order valence-electron chi connectivity index (χ3n) is 8.08. The van der Waals surface area contributed by atoms with E-state index in [2.05, 4.69) is 5.32 Å². The zero-order valence-corrected chi connectivity index (χ0v) is 28.4. The highest BCUT2D eigenvalue weighted by atomic mass is 35.5. The van der Waals surface area contributed by atoms with E-state index in [9.17, 15) is 18.0 Å². The molecular formula is C37H42ClN3O4S. The van der Waals surface area contributed by atoms with Gasteiger partial charge in [-0.2, -0.15) is 0 Å². The topological polar surface area (TPSA) is 86.8 Å². The standard InChI is InChI=1S/C37H42ClN3O4S/c1-5-6-22-39-37(43)35(24-30-13-8-7-9-14-30)40(25-31-15-11-16-32(38)23-31)36(42)26-41(34-17-10-12-28(3)29(34)4)46(44,45)33-20-18-27(2)19-21-33/h7-21,23,35H,5-6,22,24-26H2,1-4H3,(H,39,43)/t35-/m0/s1. The first-order valence-corrected chi connectivity index (χ1v) is 17.3. The predicted molar refractivity (Wildman–Crippen MR) is 185 cm³/mol. The van der Waals surface area contributed by atoms with Gasteiger partial charge in [0, 0.05) is 24.5 Å². The van der Waals surface area contributed by atoms with Crippen molar-refractivity contribution < 1.29 is 18.0 Å². The van der Waals surface area contributed by atoms with Gasteiger partial charge in [-0.1, -0.05) is 97.2 Å². The Kier molecular flexibility index (Phi) is 12.0. The van der Waals surface area contributed by atoms with Crippen molar-refractivity contribution in [3.63, 3.8) is 0 Å². The molecule has 0 heterocycles. The number of hydrogen-bond donors (Lipinski definition) is 1. The third-order valence-corrected chi connectivity index (χ3v) is 10.1. The van der Waals surface area contributed by atoms with Crippen LogP contribution >= 0.6 is 11.6 Å². The predicted octanol–water partition coefficient (Wildman–Crippen LogP) is 7.02. The number of hydrogen-bond acceptors (Lipinski definition) is 4. The fourth-order valence-electron chi connectivity index (χ4n) is 5.25. The summed E-state index contributed by atoms with van der Waals surface area (Å²) >= 11 is 6.33. The van der Waals surface area contributed by atoms with Crippen LogP contribution in [0.25, 0.3) is 0 Å². The molecule has 0 bridgehead atoms. The number of amides is 2. The first-order chi connectivity index (χ1) is 22.0. The normalized spacial score (nSPS) is 11.9. The van der Waals surface area contributed by atoms with Gasteiger partial charge in [0.25, 0.3) is 10.0 Å². The maximum absolute atomic E-state index is 14.6. The number of rotatable bonds is 14. The molecule has 0 saturated heterocycles. The molecule has 2 amide bonds. The highest BCUT2D eigenvalue weighted by Crippen LogP contribution is 2.29. The molecule has 0 aliphatic heterocycles. The summed E-state index contributed by atoms with van der Waals surface area (Å²) < 4.78 is 29.8. The van der Waals surface area contributed by atoms with Crippen molar-refractivity contribution in [3.05, 3.63) is 130 Å². The van der Waals surface area contributed by atoms with Crippen LogP contribution < -0.4 is 9.62 Å². The summed E-state index contributed by atoms with van der Waals surface area (Å²) in [7, 11) is -4.18. The number of benzene rings is 4. The Labute approximate surface area is 278 Å². The van der Waals surface area contributed by atoms with E-state index in [0.29, 0.717) is 17.3 Å². The number of nitrogens with zero attached hydrogens (tertiary/aromatic N) is 2. The third kappa shape index (κ3) is 8.77. The quantitative estimate of drug-likeness (QED) is 0.148. The zero-order valence-electron chi connectivity index (χ0n) is 26.9. The van der Waals surface area contributed by atoms with Crippen molar-refractivity contribution in [2.45, 2.75) is 64.4 Å². The van der Waals surface area contributed by atoms with Crippen LogP contribution in [0.4, 0.5) is 5.69 Å². The molecule has 7 nitrogen and oxygen atoms in total. The highest BCUT2D eigenvalue weighted by molar-refractivity contribution is 7.92. The molecule has 242 valence electrons. The molecule has 0 saturated carbocycles. The van der Waals surface area contributed by atoms with Crippen LogP contribution in [0.15, 0.2) is 102 Å². The second-order valence-corrected chi connectivity index (χ2v) is 13.8. The van der Waals surface area contributed by atoms with Crippen LogP contribution in [0.5, 0.6) is 0 Å². The van der Waals surface area contributed by atoms with E-state index in [-0.39, 0.29) is 23.8 Å². The fraction of sp³-hybridized carbons (Fsp3) is 0.297. The van der Waals surface area contributed by atoms with Gasteiger partial charge in [0.15, 0.2) is 0 Å². The maximum Gasteiger partial charge on any atom is 0.264 e. The summed E-state index contributed by atoms with van der Waals surface area (Å²) in [5.74, 6) is -0.810. The van der Waals surface area contributed by atoms with Crippen molar-refractivity contribution in [3.8, 4) is 0 Å². The number of unbranched alkanes of at least 4 members (excludes halogenated alkanes) is 1. The van der Waals surface area contributed by atoms with Crippen LogP contribution in [0, 0.1) is 20.8 Å². The zero-order chi connectivity index (χ0) is 33.3. The molecule has 0 aliphatic carbocycles. The van der Waals surface area contributed by atoms with E-state index >= 15 is 0 Å². The average molecular weight is 660 g/mol. The van der Waals surface area contributed by atoms with Crippen LogP contribution in [-0.2, 0) is 32.6 Å². The molecular weight excluding hydrogens is 618 g/mol. The van der Waals surface area contributed by atoms with Gasteiger partial charge in [-0.05, 0) is 79.8 Å². The van der Waals surface area contributed by atoms with E-state index < -0.39 is 28.5 Å². The smallest absolute Gasteiger partial charge is 0.264 e. The second-order valence-electron chi connectivity index (χ2n) is 11.5. The van der Waals surface area contributed by atoms with Gasteiger partial charge >= 0.3 is 0 Å². The molecule has 9 heteroatoms. The van der Waals surface area contributed by atoms with Crippen molar-refractivity contribution >= 4 is 39.1 Å². The Bertz CT molecular complexity index is 1740. The first-order valence-electron chi connectivity index (χ1n) is 15.5. The van der Waals surface area contributed by atoms with Crippen LogP contribution in [-0.4, -0.2) is 44.3 Å². The number of aryl methyl sites for hydroxylation is 2. The SMILES string of the molecule is CCCCNC(=O)[C@H](Cc1ccccc1)N(Cc1cccc(Cl)c1)C(=O)CN(c1cccc(C)c1C)S(=O)(=O)c1ccc(C)cc1. The van der Waals surface area contributed by atoms with Crippen LogP contribution in [0.1, 0.15) is 47.6 Å². The van der Waals surface area contributed by atoms with Crippen molar-refractivity contribution in [1.29, 1.82) is 0 Å². The lowest BCUT2D eigenvalue weighted by molar-refractivity contribution is -0.140. The Morgan fingerprint density at radius 3 is 2.20 bits per heavy atom. The molecule has 4 aromatic carbocycles. The number of halogens is 1. The monoisotopic (exact) mass is 659 g/mol. The second kappa shape index (κ2) is 15.9. The Hall–Kier alpha value is -4.14. The number of sulfonamides is 1. The van der Waals surface area contributed by atoms with Crippen LogP contribution in [0.2, 0.25) is 5.02 Å². The molecule has 4 rings (SSSR count). The average Bonchev–Trinajstić information content (AvgIpc) is 3.03. The van der Waals surface area contributed by atoms with Gasteiger partial charge in [0.1, 0.15) is 12.6 Å². The summed E-state index contributed by atoms with van der Waals surface area (Å²) in [6.07, 6.45) is 1.94. The minimum absolute atomic E-state index is 0.0588. The fourth-order valence-corrected chi connectivity index (χ4v) is 6.93. The largest absolute Gasteiger partial charge is 0.354 e. The highest BCUT2D eigenvalue weighted by Gasteiger charge is 2.35. The molecule has 0 aliphatic rings. The van der Waals surface area contributed by atoms with E-state index in [1.54, 1.807) is 54.6 Å². The molecule has 0 spiro atoms. The van der Waals surface area contributed by atoms with Gasteiger partial charge in [0.2, 0.25) is 11.8 Å². The number of anilines is 1. The number of carbonyl (C=O) groups is 2. The molecule has 0 fully saturated rings. The Balaban J connectivity index is 1.82. The lowest BCUT2D eigenvalue weighted by Crippen LogP contribution is -2.53. The molecule has 1 atom stereocenters. The minimum atomic E-state index is -4.18. The van der Waals surface area contributed by atoms with Crippen LogP contribution in [0.3, 0.4) is 0 Å². The summed E-state index contributed by atoms with van der Waals surface area (Å²) in [6, 6.07) is 27.7. The molecule has 4 aromatic rings. The molecule has 1 N–H and O–H groups in total. The molecule has 0 radical (unpaired) electrons. The first kappa shape index (κ1) is 34.7. The van der Waals surface area contributed by atoms with Gasteiger partial charge in [-0.25, -0.2) is 8.42 Å². The Morgan fingerprint density at radius 1 is 0.848 bits per heavy atom. The van der Waals surface area contributed by atoms with E-state index in [4.69, 9.17) is 11.6 Å². The van der Waals surface area contributed by atoms with Gasteiger partial charge in [0.05, 0.1) is 10.6 Å². The van der Waals surface area contributed by atoms with Gasteiger partial charge < -0.3 is 10.2 Å². The lowest BCUT2D eigenvalue weighted by atomic mass is 10.0. The summed E-state index contributed by atoms with van der Waals surface area (Å²) in [5.41, 5.74) is 4.55. The Morgan fingerprint density at radius 2 is 1.52 bits per heavy atom. The minimum Gasteiger partial charge on any atom is -0.354 e.